The Labute approximate surface area is 167 Å². The van der Waals surface area contributed by atoms with Crippen LogP contribution in [0.15, 0.2) is 42.5 Å². The number of anilines is 2. The minimum atomic E-state index is -0.0727. The van der Waals surface area contributed by atoms with Crippen LogP contribution in [0.5, 0.6) is 0 Å². The maximum absolute atomic E-state index is 13.2. The van der Waals surface area contributed by atoms with Crippen LogP contribution in [-0.4, -0.2) is 37.7 Å². The summed E-state index contributed by atoms with van der Waals surface area (Å²) in [4.78, 5) is 30.0. The summed E-state index contributed by atoms with van der Waals surface area (Å²) in [6, 6.07) is 13.6. The van der Waals surface area contributed by atoms with Gasteiger partial charge in [0.15, 0.2) is 11.6 Å². The summed E-state index contributed by atoms with van der Waals surface area (Å²) in [5, 5.41) is 0. The SMILES string of the molecule is CC(=O)c1ccc(N2CCCC2)cc1C(=O)c1ccc(N2CCCCC2)cc1. The first-order valence-electron chi connectivity index (χ1n) is 10.4. The highest BCUT2D eigenvalue weighted by molar-refractivity contribution is 6.15. The average molecular weight is 377 g/mol. The standard InChI is InChI=1S/C24H28N2O2/c1-18(27)22-12-11-21(26-15-5-6-16-26)17-23(22)24(28)19-7-9-20(10-8-19)25-13-3-2-4-14-25/h7-12,17H,2-6,13-16H2,1H3. The highest BCUT2D eigenvalue weighted by Gasteiger charge is 2.20. The number of nitrogens with zero attached hydrogens (tertiary/aromatic N) is 2. The maximum atomic E-state index is 13.2. The molecule has 2 aromatic carbocycles. The third-order valence-electron chi connectivity index (χ3n) is 5.95. The van der Waals surface area contributed by atoms with E-state index in [1.54, 1.807) is 0 Å². The van der Waals surface area contributed by atoms with E-state index >= 15 is 0 Å². The molecule has 0 radical (unpaired) electrons. The van der Waals surface area contributed by atoms with Crippen LogP contribution in [0.25, 0.3) is 0 Å². The molecule has 0 atom stereocenters. The topological polar surface area (TPSA) is 40.6 Å². The van der Waals surface area contributed by atoms with Crippen LogP contribution in [0.2, 0.25) is 0 Å². The van der Waals surface area contributed by atoms with E-state index in [0.29, 0.717) is 16.7 Å². The molecular formula is C24H28N2O2. The van der Waals surface area contributed by atoms with Gasteiger partial charge in [-0.05, 0) is 81.5 Å². The van der Waals surface area contributed by atoms with Crippen LogP contribution in [0, 0.1) is 0 Å². The van der Waals surface area contributed by atoms with E-state index < -0.39 is 0 Å². The van der Waals surface area contributed by atoms with E-state index in [-0.39, 0.29) is 11.6 Å². The Morgan fingerprint density at radius 3 is 1.82 bits per heavy atom. The molecule has 2 aliphatic heterocycles. The fourth-order valence-corrected chi connectivity index (χ4v) is 4.33. The van der Waals surface area contributed by atoms with Gasteiger partial charge in [-0.3, -0.25) is 9.59 Å². The van der Waals surface area contributed by atoms with Crippen LogP contribution in [0.1, 0.15) is 65.3 Å². The van der Waals surface area contributed by atoms with E-state index in [9.17, 15) is 9.59 Å². The van der Waals surface area contributed by atoms with Crippen LogP contribution >= 0.6 is 0 Å². The predicted molar refractivity (Wildman–Crippen MR) is 114 cm³/mol. The Hall–Kier alpha value is -2.62. The minimum absolute atomic E-state index is 0.0683. The molecule has 2 aromatic rings. The number of ketones is 2. The molecule has 0 saturated carbocycles. The van der Waals surface area contributed by atoms with Crippen LogP contribution < -0.4 is 9.80 Å². The van der Waals surface area contributed by atoms with Crippen molar-refractivity contribution in [2.24, 2.45) is 0 Å². The number of rotatable bonds is 5. The molecule has 2 heterocycles. The molecule has 2 fully saturated rings. The second-order valence-corrected chi connectivity index (χ2v) is 7.90. The fourth-order valence-electron chi connectivity index (χ4n) is 4.33. The summed E-state index contributed by atoms with van der Waals surface area (Å²) in [5.74, 6) is -0.141. The number of hydrogen-bond donors (Lipinski definition) is 0. The molecule has 0 bridgehead atoms. The van der Waals surface area contributed by atoms with E-state index in [1.807, 2.05) is 42.5 Å². The highest BCUT2D eigenvalue weighted by atomic mass is 16.1. The summed E-state index contributed by atoms with van der Waals surface area (Å²) < 4.78 is 0. The minimum Gasteiger partial charge on any atom is -0.372 e. The lowest BCUT2D eigenvalue weighted by molar-refractivity contribution is 0.0990. The Kier molecular flexibility index (Phi) is 5.47. The lowest BCUT2D eigenvalue weighted by Crippen LogP contribution is -2.29. The second-order valence-electron chi connectivity index (χ2n) is 7.90. The normalized spacial score (nSPS) is 17.0. The third kappa shape index (κ3) is 3.82. The molecule has 2 aliphatic rings. The van der Waals surface area contributed by atoms with E-state index in [1.165, 1.54) is 44.7 Å². The van der Waals surface area contributed by atoms with Gasteiger partial charge >= 0.3 is 0 Å². The van der Waals surface area contributed by atoms with Crippen LogP contribution in [-0.2, 0) is 0 Å². The zero-order valence-electron chi connectivity index (χ0n) is 16.6. The van der Waals surface area contributed by atoms with Gasteiger partial charge in [0.2, 0.25) is 0 Å². The van der Waals surface area contributed by atoms with Crippen LogP contribution in [0.3, 0.4) is 0 Å². The third-order valence-corrected chi connectivity index (χ3v) is 5.95. The van der Waals surface area contributed by atoms with Gasteiger partial charge in [0.1, 0.15) is 0 Å². The Morgan fingerprint density at radius 2 is 1.21 bits per heavy atom. The molecule has 0 unspecified atom stereocenters. The summed E-state index contributed by atoms with van der Waals surface area (Å²) >= 11 is 0. The van der Waals surface area contributed by atoms with E-state index in [0.717, 1.165) is 31.9 Å². The summed E-state index contributed by atoms with van der Waals surface area (Å²) in [6.07, 6.45) is 6.11. The number of piperidine rings is 1. The van der Waals surface area contributed by atoms with Crippen molar-refractivity contribution in [3.63, 3.8) is 0 Å². The first kappa shape index (κ1) is 18.7. The van der Waals surface area contributed by atoms with Gasteiger partial charge in [-0.2, -0.15) is 0 Å². The molecule has 0 spiro atoms. The van der Waals surface area contributed by atoms with E-state index in [2.05, 4.69) is 9.80 Å². The van der Waals surface area contributed by atoms with E-state index in [4.69, 9.17) is 0 Å². The van der Waals surface area contributed by atoms with Crippen molar-refractivity contribution >= 4 is 22.9 Å². The first-order chi connectivity index (χ1) is 13.6. The van der Waals surface area contributed by atoms with Crippen molar-refractivity contribution in [2.75, 3.05) is 36.0 Å². The number of hydrogen-bond acceptors (Lipinski definition) is 4. The lowest BCUT2D eigenvalue weighted by Gasteiger charge is -2.28. The van der Waals surface area contributed by atoms with Gasteiger partial charge < -0.3 is 9.80 Å². The zero-order valence-corrected chi connectivity index (χ0v) is 16.6. The quantitative estimate of drug-likeness (QED) is 0.709. The van der Waals surface area contributed by atoms with Gasteiger partial charge in [0.25, 0.3) is 0 Å². The monoisotopic (exact) mass is 376 g/mol. The number of Topliss-reactive ketones (excluding diaryl/α,β-unsaturated/α-hetero) is 1. The fraction of sp³-hybridized carbons (Fsp3) is 0.417. The van der Waals surface area contributed by atoms with Gasteiger partial charge in [-0.25, -0.2) is 0 Å². The number of carbonyl (C=O) groups is 2. The van der Waals surface area contributed by atoms with Gasteiger partial charge in [-0.15, -0.1) is 0 Å². The summed E-state index contributed by atoms with van der Waals surface area (Å²) in [6.45, 7) is 5.72. The Morgan fingerprint density at radius 1 is 0.679 bits per heavy atom. The summed E-state index contributed by atoms with van der Waals surface area (Å²) in [7, 11) is 0. The largest absolute Gasteiger partial charge is 0.372 e. The second kappa shape index (κ2) is 8.17. The average Bonchev–Trinajstić information content (AvgIpc) is 3.28. The number of carbonyl (C=O) groups excluding carboxylic acids is 2. The van der Waals surface area contributed by atoms with Crippen molar-refractivity contribution in [2.45, 2.75) is 39.0 Å². The molecule has 4 heteroatoms. The lowest BCUT2D eigenvalue weighted by atomic mass is 9.95. The molecule has 0 N–H and O–H groups in total. The zero-order chi connectivity index (χ0) is 19.5. The highest BCUT2D eigenvalue weighted by Crippen LogP contribution is 2.27. The van der Waals surface area contributed by atoms with Crippen molar-refractivity contribution in [1.29, 1.82) is 0 Å². The van der Waals surface area contributed by atoms with Crippen molar-refractivity contribution in [3.8, 4) is 0 Å². The van der Waals surface area contributed by atoms with Crippen LogP contribution in [0.4, 0.5) is 11.4 Å². The van der Waals surface area contributed by atoms with Gasteiger partial charge in [0.05, 0.1) is 0 Å². The Balaban J connectivity index is 1.62. The first-order valence-corrected chi connectivity index (χ1v) is 10.4. The maximum Gasteiger partial charge on any atom is 0.193 e. The smallest absolute Gasteiger partial charge is 0.193 e. The van der Waals surface area contributed by atoms with Crippen molar-refractivity contribution in [1.82, 2.24) is 0 Å². The molecule has 4 rings (SSSR count). The number of benzene rings is 2. The molecule has 146 valence electrons. The van der Waals surface area contributed by atoms with Gasteiger partial charge in [-0.1, -0.05) is 0 Å². The molecule has 4 nitrogen and oxygen atoms in total. The predicted octanol–water partition coefficient (Wildman–Crippen LogP) is 4.71. The van der Waals surface area contributed by atoms with Gasteiger partial charge in [0, 0.05) is 54.2 Å². The summed E-state index contributed by atoms with van der Waals surface area (Å²) in [5.41, 5.74) is 3.88. The molecule has 0 aliphatic carbocycles. The Bertz CT molecular complexity index is 861. The van der Waals surface area contributed by atoms with Crippen molar-refractivity contribution < 1.29 is 9.59 Å². The molecule has 0 amide bonds. The molecular weight excluding hydrogens is 348 g/mol. The molecule has 2 saturated heterocycles. The van der Waals surface area contributed by atoms with Crippen molar-refractivity contribution in [3.05, 3.63) is 59.2 Å². The molecule has 0 aromatic heterocycles. The molecule has 28 heavy (non-hydrogen) atoms.